The molecule has 2 aromatic rings. The van der Waals surface area contributed by atoms with Gasteiger partial charge in [0.15, 0.2) is 0 Å². The highest BCUT2D eigenvalue weighted by Gasteiger charge is 2.17. The summed E-state index contributed by atoms with van der Waals surface area (Å²) >= 11 is 0. The predicted molar refractivity (Wildman–Crippen MR) is 106 cm³/mol. The maximum atomic E-state index is 11.5. The molecule has 3 nitrogen and oxygen atoms in total. The van der Waals surface area contributed by atoms with E-state index in [-0.39, 0.29) is 5.92 Å². The van der Waals surface area contributed by atoms with Crippen LogP contribution in [0, 0.1) is 5.92 Å². The number of benzene rings is 2. The molecule has 1 N–H and O–H groups in total. The van der Waals surface area contributed by atoms with Crippen molar-refractivity contribution < 1.29 is 14.6 Å². The zero-order chi connectivity index (χ0) is 18.6. The molecule has 0 saturated carbocycles. The Hall–Kier alpha value is -2.29. The van der Waals surface area contributed by atoms with Gasteiger partial charge in [0.2, 0.25) is 0 Å². The molecule has 140 valence electrons. The number of unbranched alkanes of at least 4 members (excludes halogenated alkanes) is 1. The monoisotopic (exact) mass is 354 g/mol. The standard InChI is InChI=1S/C23H30O3/c1-2-3-18-26-22-16-13-20(14-17-22)12-15-21(23(24)25)11-7-10-19-8-5-4-6-9-19/h4-6,8-9,13-14,16-17,21H,2-3,7,10-12,15,18H2,1H3,(H,24,25). The fourth-order valence-electron chi connectivity index (χ4n) is 3.02. The maximum absolute atomic E-state index is 11.5. The molecular weight excluding hydrogens is 324 g/mol. The van der Waals surface area contributed by atoms with E-state index in [9.17, 15) is 9.90 Å². The Bertz CT molecular complexity index is 634. The molecule has 0 amide bonds. The number of hydrogen-bond donors (Lipinski definition) is 1. The second-order valence-corrected chi connectivity index (χ2v) is 6.80. The number of aliphatic carboxylic acids is 1. The largest absolute Gasteiger partial charge is 0.494 e. The zero-order valence-electron chi connectivity index (χ0n) is 15.7. The van der Waals surface area contributed by atoms with Gasteiger partial charge in [-0.2, -0.15) is 0 Å². The van der Waals surface area contributed by atoms with E-state index in [0.717, 1.165) is 50.9 Å². The van der Waals surface area contributed by atoms with Crippen LogP contribution in [-0.4, -0.2) is 17.7 Å². The van der Waals surface area contributed by atoms with Crippen LogP contribution >= 0.6 is 0 Å². The lowest BCUT2D eigenvalue weighted by molar-refractivity contribution is -0.142. The van der Waals surface area contributed by atoms with Crippen LogP contribution < -0.4 is 4.74 Å². The van der Waals surface area contributed by atoms with Gasteiger partial charge in [0.25, 0.3) is 0 Å². The molecule has 0 aliphatic heterocycles. The fraction of sp³-hybridized carbons (Fsp3) is 0.435. The molecule has 0 spiro atoms. The minimum absolute atomic E-state index is 0.279. The molecular formula is C23H30O3. The van der Waals surface area contributed by atoms with Crippen LogP contribution in [0.4, 0.5) is 0 Å². The Labute approximate surface area is 157 Å². The third kappa shape index (κ3) is 7.30. The van der Waals surface area contributed by atoms with Crippen LogP contribution in [0.2, 0.25) is 0 Å². The van der Waals surface area contributed by atoms with Gasteiger partial charge in [-0.1, -0.05) is 55.8 Å². The van der Waals surface area contributed by atoms with Crippen molar-refractivity contribution in [2.24, 2.45) is 5.92 Å². The molecule has 0 radical (unpaired) electrons. The van der Waals surface area contributed by atoms with Gasteiger partial charge in [0.1, 0.15) is 5.75 Å². The molecule has 26 heavy (non-hydrogen) atoms. The molecule has 0 aromatic heterocycles. The summed E-state index contributed by atoms with van der Waals surface area (Å²) in [4.78, 5) is 11.5. The summed E-state index contributed by atoms with van der Waals surface area (Å²) in [5.74, 6) is -0.0726. The summed E-state index contributed by atoms with van der Waals surface area (Å²) in [5, 5.41) is 9.49. The quantitative estimate of drug-likeness (QED) is 0.510. The molecule has 0 aliphatic carbocycles. The minimum atomic E-state index is -0.683. The molecule has 0 fully saturated rings. The lowest BCUT2D eigenvalue weighted by atomic mass is 9.93. The van der Waals surface area contributed by atoms with Gasteiger partial charge in [-0.25, -0.2) is 0 Å². The highest BCUT2D eigenvalue weighted by atomic mass is 16.5. The fourth-order valence-corrected chi connectivity index (χ4v) is 3.02. The van der Waals surface area contributed by atoms with Crippen molar-refractivity contribution >= 4 is 5.97 Å². The summed E-state index contributed by atoms with van der Waals surface area (Å²) in [7, 11) is 0. The van der Waals surface area contributed by atoms with Crippen molar-refractivity contribution in [3.63, 3.8) is 0 Å². The van der Waals surface area contributed by atoms with E-state index >= 15 is 0 Å². The first-order valence-corrected chi connectivity index (χ1v) is 9.67. The van der Waals surface area contributed by atoms with E-state index in [0.29, 0.717) is 6.42 Å². The van der Waals surface area contributed by atoms with Crippen LogP contribution in [0.15, 0.2) is 54.6 Å². The van der Waals surface area contributed by atoms with Crippen molar-refractivity contribution in [3.8, 4) is 5.75 Å². The average Bonchev–Trinajstić information content (AvgIpc) is 2.66. The van der Waals surface area contributed by atoms with Crippen LogP contribution in [0.3, 0.4) is 0 Å². The molecule has 1 unspecified atom stereocenters. The minimum Gasteiger partial charge on any atom is -0.494 e. The smallest absolute Gasteiger partial charge is 0.306 e. The highest BCUT2D eigenvalue weighted by molar-refractivity contribution is 5.69. The zero-order valence-corrected chi connectivity index (χ0v) is 15.7. The topological polar surface area (TPSA) is 46.5 Å². The molecule has 3 heteroatoms. The number of ether oxygens (including phenoxy) is 1. The van der Waals surface area contributed by atoms with Gasteiger partial charge >= 0.3 is 5.97 Å². The van der Waals surface area contributed by atoms with Gasteiger partial charge < -0.3 is 9.84 Å². The summed E-state index contributed by atoms with van der Waals surface area (Å²) in [5.41, 5.74) is 2.44. The number of carbonyl (C=O) groups is 1. The van der Waals surface area contributed by atoms with Crippen molar-refractivity contribution in [1.82, 2.24) is 0 Å². The van der Waals surface area contributed by atoms with Gasteiger partial charge in [-0.05, 0) is 61.8 Å². The number of aryl methyl sites for hydroxylation is 2. The second-order valence-electron chi connectivity index (χ2n) is 6.80. The highest BCUT2D eigenvalue weighted by Crippen LogP contribution is 2.19. The SMILES string of the molecule is CCCCOc1ccc(CCC(CCCc2ccccc2)C(=O)O)cc1. The second kappa shape index (κ2) is 11.3. The van der Waals surface area contributed by atoms with E-state index in [1.54, 1.807) is 0 Å². The van der Waals surface area contributed by atoms with E-state index in [1.807, 2.05) is 42.5 Å². The van der Waals surface area contributed by atoms with Crippen LogP contribution in [0.25, 0.3) is 0 Å². The number of carboxylic acid groups (broad SMARTS) is 1. The van der Waals surface area contributed by atoms with Gasteiger partial charge in [-0.15, -0.1) is 0 Å². The van der Waals surface area contributed by atoms with E-state index in [4.69, 9.17) is 4.74 Å². The Morgan fingerprint density at radius 3 is 2.27 bits per heavy atom. The van der Waals surface area contributed by atoms with Gasteiger partial charge in [0.05, 0.1) is 12.5 Å². The first-order chi connectivity index (χ1) is 12.7. The van der Waals surface area contributed by atoms with Gasteiger partial charge in [0, 0.05) is 0 Å². The summed E-state index contributed by atoms with van der Waals surface area (Å²) in [6.45, 7) is 2.89. The Balaban J connectivity index is 1.76. The van der Waals surface area contributed by atoms with Crippen molar-refractivity contribution in [1.29, 1.82) is 0 Å². The van der Waals surface area contributed by atoms with Crippen molar-refractivity contribution in [3.05, 3.63) is 65.7 Å². The molecule has 0 heterocycles. The number of carboxylic acids is 1. The molecule has 2 aromatic carbocycles. The number of hydrogen-bond acceptors (Lipinski definition) is 2. The predicted octanol–water partition coefficient (Wildman–Crippen LogP) is 5.52. The summed E-state index contributed by atoms with van der Waals surface area (Å²) in [6.07, 6.45) is 6.23. The van der Waals surface area contributed by atoms with Crippen molar-refractivity contribution in [2.75, 3.05) is 6.61 Å². The Kier molecular flexibility index (Phi) is 8.74. The maximum Gasteiger partial charge on any atom is 0.306 e. The molecule has 0 aliphatic rings. The van der Waals surface area contributed by atoms with Crippen LogP contribution in [-0.2, 0) is 17.6 Å². The summed E-state index contributed by atoms with van der Waals surface area (Å²) in [6, 6.07) is 18.3. The summed E-state index contributed by atoms with van der Waals surface area (Å²) < 4.78 is 5.67. The lowest BCUT2D eigenvalue weighted by Crippen LogP contribution is -2.15. The number of rotatable bonds is 12. The van der Waals surface area contributed by atoms with Crippen LogP contribution in [0.5, 0.6) is 5.75 Å². The third-order valence-electron chi connectivity index (χ3n) is 4.68. The first kappa shape index (κ1) is 20.0. The Morgan fingerprint density at radius 1 is 0.923 bits per heavy atom. The van der Waals surface area contributed by atoms with E-state index in [1.165, 1.54) is 11.1 Å². The third-order valence-corrected chi connectivity index (χ3v) is 4.68. The van der Waals surface area contributed by atoms with E-state index < -0.39 is 5.97 Å². The lowest BCUT2D eigenvalue weighted by Gasteiger charge is -2.13. The first-order valence-electron chi connectivity index (χ1n) is 9.67. The van der Waals surface area contributed by atoms with Gasteiger partial charge in [-0.3, -0.25) is 4.79 Å². The molecule has 0 saturated heterocycles. The average molecular weight is 354 g/mol. The van der Waals surface area contributed by atoms with Crippen molar-refractivity contribution in [2.45, 2.75) is 51.9 Å². The molecule has 2 rings (SSSR count). The van der Waals surface area contributed by atoms with E-state index in [2.05, 4.69) is 19.1 Å². The Morgan fingerprint density at radius 2 is 1.62 bits per heavy atom. The molecule has 1 atom stereocenters. The van der Waals surface area contributed by atoms with Crippen LogP contribution in [0.1, 0.15) is 50.2 Å². The normalized spacial score (nSPS) is 11.9. The molecule has 0 bridgehead atoms.